The summed E-state index contributed by atoms with van der Waals surface area (Å²) in [5.74, 6) is -1.23. The van der Waals surface area contributed by atoms with Gasteiger partial charge in [-0.25, -0.2) is 4.98 Å². The van der Waals surface area contributed by atoms with E-state index in [1.54, 1.807) is 11.8 Å². The third-order valence-corrected chi connectivity index (χ3v) is 6.68. The topological polar surface area (TPSA) is 71.9 Å². The lowest BCUT2D eigenvalue weighted by Gasteiger charge is -2.38. The number of pyridine rings is 1. The van der Waals surface area contributed by atoms with Crippen LogP contribution in [0.3, 0.4) is 0 Å². The summed E-state index contributed by atoms with van der Waals surface area (Å²) >= 11 is 6.24. The van der Waals surface area contributed by atoms with Crippen molar-refractivity contribution in [1.82, 2.24) is 4.98 Å². The second-order valence-electron chi connectivity index (χ2n) is 8.29. The van der Waals surface area contributed by atoms with E-state index in [4.69, 9.17) is 21.1 Å². The Morgan fingerprint density at radius 2 is 1.94 bits per heavy atom. The van der Waals surface area contributed by atoms with E-state index >= 15 is 0 Å². The van der Waals surface area contributed by atoms with Gasteiger partial charge >= 0.3 is 12.1 Å². The Morgan fingerprint density at radius 1 is 1.26 bits per heavy atom. The number of carbonyl (C=O) groups excluding carboxylic acids is 1. The van der Waals surface area contributed by atoms with Gasteiger partial charge in [-0.2, -0.15) is 13.2 Å². The quantitative estimate of drug-likeness (QED) is 0.535. The fourth-order valence-corrected chi connectivity index (χ4v) is 4.64. The molecule has 0 bridgehead atoms. The number of halogens is 4. The number of aromatic nitrogens is 1. The lowest BCUT2D eigenvalue weighted by atomic mass is 9.78. The molecule has 1 aromatic carbocycles. The number of carbonyl (C=O) groups is 1. The Kier molecular flexibility index (Phi) is 7.98. The number of ether oxygens (including phenoxy) is 2. The molecule has 0 spiro atoms. The molecule has 1 N–H and O–H groups in total. The molecule has 1 aliphatic rings. The van der Waals surface area contributed by atoms with E-state index in [9.17, 15) is 23.1 Å². The Labute approximate surface area is 201 Å². The van der Waals surface area contributed by atoms with Gasteiger partial charge in [0, 0.05) is 30.2 Å². The lowest BCUT2D eigenvalue weighted by molar-refractivity contribution is -0.274. The molecule has 1 fully saturated rings. The summed E-state index contributed by atoms with van der Waals surface area (Å²) in [6.07, 6.45) is -2.73. The zero-order valence-corrected chi connectivity index (χ0v) is 20.0. The third kappa shape index (κ3) is 5.10. The van der Waals surface area contributed by atoms with E-state index in [1.807, 2.05) is 0 Å². The lowest BCUT2D eigenvalue weighted by Crippen LogP contribution is -2.47. The van der Waals surface area contributed by atoms with Crippen molar-refractivity contribution in [2.45, 2.75) is 44.4 Å². The van der Waals surface area contributed by atoms with Gasteiger partial charge in [-0.3, -0.25) is 4.79 Å². The molecule has 6 nitrogen and oxygen atoms in total. The van der Waals surface area contributed by atoms with E-state index in [1.165, 1.54) is 44.5 Å². The highest BCUT2D eigenvalue weighted by Gasteiger charge is 2.59. The first-order valence-electron chi connectivity index (χ1n) is 11.0. The first kappa shape index (κ1) is 26.1. The van der Waals surface area contributed by atoms with Crippen molar-refractivity contribution in [2.75, 3.05) is 31.7 Å². The molecule has 0 aliphatic carbocycles. The number of aliphatic hydroxyl groups is 1. The molecule has 0 amide bonds. The smallest absolute Gasteiger partial charge is 0.422 e. The van der Waals surface area contributed by atoms with E-state index in [0.717, 1.165) is 6.07 Å². The maximum absolute atomic E-state index is 14.4. The summed E-state index contributed by atoms with van der Waals surface area (Å²) in [6, 6.07) is 6.75. The Bertz CT molecular complexity index is 1010. The highest BCUT2D eigenvalue weighted by Crippen LogP contribution is 2.50. The molecule has 3 rings (SSSR count). The van der Waals surface area contributed by atoms with Crippen LogP contribution in [-0.4, -0.2) is 49.0 Å². The van der Waals surface area contributed by atoms with Gasteiger partial charge in [-0.1, -0.05) is 24.6 Å². The van der Waals surface area contributed by atoms with Crippen LogP contribution in [0.4, 0.5) is 19.0 Å². The first-order chi connectivity index (χ1) is 16.0. The fourth-order valence-electron chi connectivity index (χ4n) is 4.30. The minimum absolute atomic E-state index is 0.0600. The zero-order chi connectivity index (χ0) is 25.1. The van der Waals surface area contributed by atoms with Crippen molar-refractivity contribution in [2.24, 2.45) is 5.92 Å². The number of hydrogen-bond acceptors (Lipinski definition) is 6. The maximum atomic E-state index is 14.4. The highest BCUT2D eigenvalue weighted by molar-refractivity contribution is 6.31. The van der Waals surface area contributed by atoms with Crippen molar-refractivity contribution in [1.29, 1.82) is 0 Å². The summed E-state index contributed by atoms with van der Waals surface area (Å²) in [4.78, 5) is 18.0. The minimum atomic E-state index is -4.99. The monoisotopic (exact) mass is 500 g/mol. The van der Waals surface area contributed by atoms with E-state index < -0.39 is 17.7 Å². The number of anilines is 1. The van der Waals surface area contributed by atoms with Crippen LogP contribution >= 0.6 is 11.6 Å². The van der Waals surface area contributed by atoms with Gasteiger partial charge < -0.3 is 19.5 Å². The number of alkyl halides is 3. The molecule has 0 saturated carbocycles. The third-order valence-electron chi connectivity index (χ3n) is 6.36. The van der Waals surface area contributed by atoms with Crippen LogP contribution in [0.25, 0.3) is 0 Å². The summed E-state index contributed by atoms with van der Waals surface area (Å²) in [6.45, 7) is 4.19. The number of methoxy groups -OCH3 is 1. The fraction of sp³-hybridized carbons (Fsp3) is 0.500. The standard InChI is InChI=1S/C24H28ClF3N2O4/c1-4-34-22(31)16-8-11-30(12-9-16)21-13-17(7-10-29-21)23(32,24(26,27)28)15(2)19-6-5-18(33-3)14-20(19)25/h5-7,10,13-16,32H,4,8-9,11-12H2,1-3H3. The van der Waals surface area contributed by atoms with Crippen LogP contribution in [0.5, 0.6) is 5.75 Å². The number of piperidine rings is 1. The van der Waals surface area contributed by atoms with Crippen LogP contribution in [0, 0.1) is 5.92 Å². The summed E-state index contributed by atoms with van der Waals surface area (Å²) < 4.78 is 53.3. The molecule has 1 aliphatic heterocycles. The van der Waals surface area contributed by atoms with Gasteiger partial charge in [0.2, 0.25) is 0 Å². The maximum Gasteiger partial charge on any atom is 0.422 e. The molecule has 2 atom stereocenters. The van der Waals surface area contributed by atoms with Gasteiger partial charge in [-0.05, 0) is 55.2 Å². The van der Waals surface area contributed by atoms with Crippen LogP contribution in [0.15, 0.2) is 36.5 Å². The Morgan fingerprint density at radius 3 is 2.50 bits per heavy atom. The molecule has 2 heterocycles. The average molecular weight is 501 g/mol. The van der Waals surface area contributed by atoms with Crippen LogP contribution in [0.1, 0.15) is 43.7 Å². The summed E-state index contributed by atoms with van der Waals surface area (Å²) in [5, 5.41) is 11.2. The summed E-state index contributed by atoms with van der Waals surface area (Å²) in [5.41, 5.74) is -3.42. The van der Waals surface area contributed by atoms with Gasteiger partial charge in [0.25, 0.3) is 0 Å². The molecule has 2 aromatic rings. The Hall–Kier alpha value is -2.52. The molecule has 1 saturated heterocycles. The van der Waals surface area contributed by atoms with Crippen LogP contribution in [-0.2, 0) is 15.1 Å². The zero-order valence-electron chi connectivity index (χ0n) is 19.2. The predicted molar refractivity (Wildman–Crippen MR) is 122 cm³/mol. The van der Waals surface area contributed by atoms with Crippen LogP contribution < -0.4 is 9.64 Å². The second-order valence-corrected chi connectivity index (χ2v) is 8.70. The molecule has 10 heteroatoms. The Balaban J connectivity index is 1.91. The largest absolute Gasteiger partial charge is 0.497 e. The molecular weight excluding hydrogens is 473 g/mol. The summed E-state index contributed by atoms with van der Waals surface area (Å²) in [7, 11) is 1.43. The van der Waals surface area contributed by atoms with E-state index in [-0.39, 0.29) is 28.0 Å². The van der Waals surface area contributed by atoms with Gasteiger partial charge in [0.05, 0.1) is 19.6 Å². The number of esters is 1. The van der Waals surface area contributed by atoms with Gasteiger partial charge in [-0.15, -0.1) is 0 Å². The molecule has 2 unspecified atom stereocenters. The van der Waals surface area contributed by atoms with Gasteiger partial charge in [0.15, 0.2) is 5.60 Å². The predicted octanol–water partition coefficient (Wildman–Crippen LogP) is 5.08. The molecule has 1 aromatic heterocycles. The molecule has 0 radical (unpaired) electrons. The number of rotatable bonds is 7. The minimum Gasteiger partial charge on any atom is -0.497 e. The second kappa shape index (κ2) is 10.4. The van der Waals surface area contributed by atoms with E-state index in [2.05, 4.69) is 4.98 Å². The van der Waals surface area contributed by atoms with Crippen molar-refractivity contribution in [3.8, 4) is 5.75 Å². The van der Waals surface area contributed by atoms with Gasteiger partial charge in [0.1, 0.15) is 11.6 Å². The highest BCUT2D eigenvalue weighted by atomic mass is 35.5. The van der Waals surface area contributed by atoms with Crippen molar-refractivity contribution in [3.05, 3.63) is 52.7 Å². The SMILES string of the molecule is CCOC(=O)C1CCN(c2cc(C(O)(C(C)c3ccc(OC)cc3Cl)C(F)(F)F)ccn2)CC1. The van der Waals surface area contributed by atoms with Crippen molar-refractivity contribution >= 4 is 23.4 Å². The van der Waals surface area contributed by atoms with E-state index in [0.29, 0.717) is 44.1 Å². The number of benzene rings is 1. The molecular formula is C24H28ClF3N2O4. The van der Waals surface area contributed by atoms with Crippen LogP contribution in [0.2, 0.25) is 5.02 Å². The van der Waals surface area contributed by atoms with Crippen molar-refractivity contribution in [3.63, 3.8) is 0 Å². The van der Waals surface area contributed by atoms with Crippen molar-refractivity contribution < 1.29 is 32.5 Å². The molecule has 34 heavy (non-hydrogen) atoms. The number of hydrogen-bond donors (Lipinski definition) is 1. The average Bonchev–Trinajstić information content (AvgIpc) is 2.82. The normalized spacial score (nSPS) is 17.7. The molecule has 186 valence electrons. The first-order valence-corrected chi connectivity index (χ1v) is 11.4. The number of nitrogens with zero attached hydrogens (tertiary/aromatic N) is 2.